The van der Waals surface area contributed by atoms with Gasteiger partial charge < -0.3 is 5.32 Å². The van der Waals surface area contributed by atoms with Gasteiger partial charge in [0.25, 0.3) is 0 Å². The number of aryl methyl sites for hydroxylation is 1. The highest BCUT2D eigenvalue weighted by molar-refractivity contribution is 9.10. The third-order valence-corrected chi connectivity index (χ3v) is 5.33. The molecule has 0 bridgehead atoms. The van der Waals surface area contributed by atoms with Crippen LogP contribution in [-0.2, 0) is 13.1 Å². The highest BCUT2D eigenvalue weighted by atomic mass is 79.9. The van der Waals surface area contributed by atoms with Crippen molar-refractivity contribution in [1.29, 1.82) is 0 Å². The Labute approximate surface area is 143 Å². The van der Waals surface area contributed by atoms with Gasteiger partial charge in [-0.25, -0.2) is 0 Å². The zero-order valence-corrected chi connectivity index (χ0v) is 16.0. The molecule has 0 aliphatic carbocycles. The van der Waals surface area contributed by atoms with Crippen molar-refractivity contribution in [3.63, 3.8) is 0 Å². The first-order valence-corrected chi connectivity index (χ1v) is 8.67. The van der Waals surface area contributed by atoms with E-state index in [4.69, 9.17) is 0 Å². The minimum atomic E-state index is 0.496. The summed E-state index contributed by atoms with van der Waals surface area (Å²) in [7, 11) is 0. The minimum Gasteiger partial charge on any atom is -0.310 e. The van der Waals surface area contributed by atoms with Crippen LogP contribution in [0.5, 0.6) is 0 Å². The number of nitrogens with one attached hydrogen (secondary N) is 1. The van der Waals surface area contributed by atoms with Gasteiger partial charge in [0.1, 0.15) is 0 Å². The SMILES string of the molecule is Cc1nn(Cc2ccc(CNC(C)C)cc2Br)c(C)c1Br. The molecular weight excluding hydrogens is 394 g/mol. The van der Waals surface area contributed by atoms with E-state index in [9.17, 15) is 0 Å². The summed E-state index contributed by atoms with van der Waals surface area (Å²) in [6.45, 7) is 10.1. The minimum absolute atomic E-state index is 0.496. The maximum atomic E-state index is 4.56. The molecule has 0 unspecified atom stereocenters. The monoisotopic (exact) mass is 413 g/mol. The summed E-state index contributed by atoms with van der Waals surface area (Å²) in [6.07, 6.45) is 0. The van der Waals surface area contributed by atoms with Crippen LogP contribution in [0.2, 0.25) is 0 Å². The molecule has 1 N–H and O–H groups in total. The molecule has 114 valence electrons. The smallest absolute Gasteiger partial charge is 0.0738 e. The fourth-order valence-electron chi connectivity index (χ4n) is 2.14. The molecule has 1 heterocycles. The molecule has 0 saturated heterocycles. The van der Waals surface area contributed by atoms with E-state index in [0.717, 1.165) is 33.4 Å². The van der Waals surface area contributed by atoms with E-state index in [1.165, 1.54) is 11.1 Å². The zero-order chi connectivity index (χ0) is 15.6. The molecule has 5 heteroatoms. The van der Waals surface area contributed by atoms with E-state index in [0.29, 0.717) is 6.04 Å². The maximum Gasteiger partial charge on any atom is 0.0738 e. The van der Waals surface area contributed by atoms with Crippen LogP contribution >= 0.6 is 31.9 Å². The van der Waals surface area contributed by atoms with Crippen LogP contribution in [0.1, 0.15) is 36.4 Å². The lowest BCUT2D eigenvalue weighted by molar-refractivity contribution is 0.588. The van der Waals surface area contributed by atoms with E-state index in [-0.39, 0.29) is 0 Å². The van der Waals surface area contributed by atoms with E-state index < -0.39 is 0 Å². The van der Waals surface area contributed by atoms with Crippen LogP contribution in [0.4, 0.5) is 0 Å². The molecule has 0 aliphatic rings. The predicted octanol–water partition coefficient (Wildman–Crippen LogP) is 4.57. The van der Waals surface area contributed by atoms with Gasteiger partial charge in [0.05, 0.1) is 22.4 Å². The first kappa shape index (κ1) is 16.7. The Morgan fingerprint density at radius 2 is 1.95 bits per heavy atom. The lowest BCUT2D eigenvalue weighted by Gasteiger charge is -2.11. The van der Waals surface area contributed by atoms with Crippen LogP contribution in [-0.4, -0.2) is 15.8 Å². The highest BCUT2D eigenvalue weighted by Crippen LogP contribution is 2.24. The summed E-state index contributed by atoms with van der Waals surface area (Å²) in [5.74, 6) is 0. The van der Waals surface area contributed by atoms with Gasteiger partial charge in [-0.1, -0.05) is 41.9 Å². The third kappa shape index (κ3) is 4.18. The molecule has 0 spiro atoms. The molecule has 0 fully saturated rings. The van der Waals surface area contributed by atoms with Crippen molar-refractivity contribution < 1.29 is 0 Å². The van der Waals surface area contributed by atoms with Gasteiger partial charge in [-0.15, -0.1) is 0 Å². The maximum absolute atomic E-state index is 4.56. The Morgan fingerprint density at radius 1 is 1.24 bits per heavy atom. The molecule has 2 rings (SSSR count). The number of nitrogens with zero attached hydrogens (tertiary/aromatic N) is 2. The number of rotatable bonds is 5. The average Bonchev–Trinajstić information content (AvgIpc) is 2.66. The van der Waals surface area contributed by atoms with Crippen LogP contribution in [0.25, 0.3) is 0 Å². The van der Waals surface area contributed by atoms with Gasteiger partial charge in [0.15, 0.2) is 0 Å². The second-order valence-corrected chi connectivity index (χ2v) is 7.25. The fraction of sp³-hybridized carbons (Fsp3) is 0.438. The summed E-state index contributed by atoms with van der Waals surface area (Å²) in [4.78, 5) is 0. The molecule has 1 aromatic heterocycles. The summed E-state index contributed by atoms with van der Waals surface area (Å²) in [5.41, 5.74) is 4.71. The second kappa shape index (κ2) is 7.07. The van der Waals surface area contributed by atoms with Crippen LogP contribution in [0.3, 0.4) is 0 Å². The molecular formula is C16H21Br2N3. The molecule has 0 amide bonds. The first-order valence-electron chi connectivity index (χ1n) is 7.08. The quantitative estimate of drug-likeness (QED) is 0.776. The van der Waals surface area contributed by atoms with Gasteiger partial charge in [-0.3, -0.25) is 4.68 Å². The molecule has 0 radical (unpaired) electrons. The molecule has 0 saturated carbocycles. The molecule has 3 nitrogen and oxygen atoms in total. The number of benzene rings is 1. The Balaban J connectivity index is 2.15. The first-order chi connectivity index (χ1) is 9.88. The molecule has 0 aliphatic heterocycles. The number of aromatic nitrogens is 2. The van der Waals surface area contributed by atoms with Crippen molar-refractivity contribution in [1.82, 2.24) is 15.1 Å². The predicted molar refractivity (Wildman–Crippen MR) is 94.6 cm³/mol. The van der Waals surface area contributed by atoms with Gasteiger partial charge in [0, 0.05) is 17.1 Å². The van der Waals surface area contributed by atoms with E-state index >= 15 is 0 Å². The number of halogens is 2. The Bertz CT molecular complexity index is 633. The summed E-state index contributed by atoms with van der Waals surface area (Å²) >= 11 is 7.26. The van der Waals surface area contributed by atoms with E-state index in [1.54, 1.807) is 0 Å². The van der Waals surface area contributed by atoms with Gasteiger partial charge in [-0.2, -0.15) is 5.10 Å². The Hall–Kier alpha value is -0.650. The topological polar surface area (TPSA) is 29.9 Å². The summed E-state index contributed by atoms with van der Waals surface area (Å²) in [5, 5.41) is 8.00. The summed E-state index contributed by atoms with van der Waals surface area (Å²) in [6, 6.07) is 7.03. The summed E-state index contributed by atoms with van der Waals surface area (Å²) < 4.78 is 4.26. The van der Waals surface area contributed by atoms with Gasteiger partial charge in [0.2, 0.25) is 0 Å². The van der Waals surface area contributed by atoms with Gasteiger partial charge >= 0.3 is 0 Å². The van der Waals surface area contributed by atoms with Crippen molar-refractivity contribution in [2.24, 2.45) is 0 Å². The normalized spacial score (nSPS) is 11.4. The van der Waals surface area contributed by atoms with Crippen molar-refractivity contribution in [2.45, 2.75) is 46.8 Å². The second-order valence-electron chi connectivity index (χ2n) is 5.60. The Kier molecular flexibility index (Phi) is 5.63. The molecule has 1 aromatic carbocycles. The largest absolute Gasteiger partial charge is 0.310 e. The standard InChI is InChI=1S/C16H21Br2N3/c1-10(2)19-8-13-5-6-14(15(17)7-13)9-21-12(4)16(18)11(3)20-21/h5-7,10,19H,8-9H2,1-4H3. The van der Waals surface area contributed by atoms with Crippen LogP contribution in [0.15, 0.2) is 27.1 Å². The van der Waals surface area contributed by atoms with Crippen LogP contribution in [0, 0.1) is 13.8 Å². The zero-order valence-electron chi connectivity index (χ0n) is 12.9. The lowest BCUT2D eigenvalue weighted by Crippen LogP contribution is -2.21. The average molecular weight is 415 g/mol. The van der Waals surface area contributed by atoms with Crippen LogP contribution < -0.4 is 5.32 Å². The lowest BCUT2D eigenvalue weighted by atomic mass is 10.1. The highest BCUT2D eigenvalue weighted by Gasteiger charge is 2.10. The Morgan fingerprint density at radius 3 is 2.48 bits per heavy atom. The van der Waals surface area contributed by atoms with E-state index in [1.807, 2.05) is 11.6 Å². The van der Waals surface area contributed by atoms with Crippen molar-refractivity contribution >= 4 is 31.9 Å². The number of hydrogen-bond acceptors (Lipinski definition) is 2. The van der Waals surface area contributed by atoms with Gasteiger partial charge in [-0.05, 0) is 47.0 Å². The molecule has 0 atom stereocenters. The fourth-order valence-corrected chi connectivity index (χ4v) is 2.98. The van der Waals surface area contributed by atoms with E-state index in [2.05, 4.69) is 81.2 Å². The van der Waals surface area contributed by atoms with Crippen molar-refractivity contribution in [2.75, 3.05) is 0 Å². The third-order valence-electron chi connectivity index (χ3n) is 3.45. The molecule has 21 heavy (non-hydrogen) atoms. The van der Waals surface area contributed by atoms with Crippen molar-refractivity contribution in [3.8, 4) is 0 Å². The van der Waals surface area contributed by atoms with Crippen molar-refractivity contribution in [3.05, 3.63) is 49.7 Å². The molecule has 2 aromatic rings. The number of hydrogen-bond donors (Lipinski definition) is 1.